The molecule has 3 aromatic rings. The molecule has 8 heteroatoms. The Hall–Kier alpha value is -3.05. The van der Waals surface area contributed by atoms with Gasteiger partial charge in [-0.25, -0.2) is 4.98 Å². The number of nitrogens with zero attached hydrogens (tertiary/aromatic N) is 2. The van der Waals surface area contributed by atoms with Crippen molar-refractivity contribution in [2.75, 3.05) is 26.2 Å². The summed E-state index contributed by atoms with van der Waals surface area (Å²) in [5.74, 6) is 6.77. The summed E-state index contributed by atoms with van der Waals surface area (Å²) in [6, 6.07) is 18.7. The van der Waals surface area contributed by atoms with Crippen molar-refractivity contribution in [3.05, 3.63) is 83.1 Å². The van der Waals surface area contributed by atoms with Gasteiger partial charge in [0.2, 0.25) is 0 Å². The summed E-state index contributed by atoms with van der Waals surface area (Å²) in [7, 11) is 0. The zero-order valence-electron chi connectivity index (χ0n) is 18.9. The van der Waals surface area contributed by atoms with Gasteiger partial charge < -0.3 is 9.84 Å². The monoisotopic (exact) mass is 500 g/mol. The number of hydrogen-bond acceptors (Lipinski definition) is 4. The maximum atomic E-state index is 12.9. The topological polar surface area (TPSA) is 45.6 Å². The molecule has 4 nitrogen and oxygen atoms in total. The summed E-state index contributed by atoms with van der Waals surface area (Å²) >= 11 is 5.93. The number of pyridine rings is 1. The number of hydrogen-bond donors (Lipinski definition) is 1. The SMILES string of the molecule is OC1(C(F)(F)F)CCN(CCOc2ccc(C#Cc3ccc(-c4ccc(Cl)cc4)cn3)cc2)CC1. The van der Waals surface area contributed by atoms with Crippen molar-refractivity contribution in [2.24, 2.45) is 0 Å². The van der Waals surface area contributed by atoms with E-state index in [0.717, 1.165) is 16.7 Å². The van der Waals surface area contributed by atoms with E-state index in [1.165, 1.54) is 0 Å². The molecule has 1 aromatic heterocycles. The summed E-state index contributed by atoms with van der Waals surface area (Å²) in [4.78, 5) is 6.27. The third-order valence-corrected chi connectivity index (χ3v) is 6.27. The summed E-state index contributed by atoms with van der Waals surface area (Å²) < 4.78 is 44.4. The number of aliphatic hydroxyl groups is 1. The molecule has 0 atom stereocenters. The van der Waals surface area contributed by atoms with Crippen molar-refractivity contribution < 1.29 is 23.0 Å². The van der Waals surface area contributed by atoms with Gasteiger partial charge in [0.25, 0.3) is 0 Å². The highest BCUT2D eigenvalue weighted by molar-refractivity contribution is 6.30. The average Bonchev–Trinajstić information content (AvgIpc) is 2.85. The maximum absolute atomic E-state index is 12.9. The van der Waals surface area contributed by atoms with E-state index in [9.17, 15) is 18.3 Å². The number of benzene rings is 2. The molecule has 1 aliphatic heterocycles. The second-order valence-corrected chi connectivity index (χ2v) is 8.87. The third kappa shape index (κ3) is 6.55. The van der Waals surface area contributed by atoms with Gasteiger partial charge in [0, 0.05) is 42.0 Å². The Morgan fingerprint density at radius 3 is 2.20 bits per heavy atom. The van der Waals surface area contributed by atoms with Gasteiger partial charge in [0.05, 0.1) is 0 Å². The number of piperidine rings is 1. The van der Waals surface area contributed by atoms with Crippen molar-refractivity contribution >= 4 is 11.6 Å². The lowest BCUT2D eigenvalue weighted by Gasteiger charge is -2.39. The molecule has 0 unspecified atom stereocenters. The molecular weight excluding hydrogens is 477 g/mol. The van der Waals surface area contributed by atoms with Crippen LogP contribution in [-0.4, -0.2) is 53.0 Å². The van der Waals surface area contributed by atoms with Crippen LogP contribution in [0, 0.1) is 11.8 Å². The number of rotatable bonds is 5. The first-order valence-electron chi connectivity index (χ1n) is 11.2. The number of halogens is 4. The molecule has 0 aliphatic carbocycles. The molecule has 0 radical (unpaired) electrons. The Morgan fingerprint density at radius 2 is 1.60 bits per heavy atom. The van der Waals surface area contributed by atoms with E-state index in [-0.39, 0.29) is 25.9 Å². The Labute approximate surface area is 207 Å². The van der Waals surface area contributed by atoms with Crippen LogP contribution < -0.4 is 4.74 Å². The maximum Gasteiger partial charge on any atom is 0.417 e. The molecule has 35 heavy (non-hydrogen) atoms. The van der Waals surface area contributed by atoms with E-state index in [2.05, 4.69) is 16.8 Å². The molecule has 0 bridgehead atoms. The quantitative estimate of drug-likeness (QED) is 0.465. The molecule has 1 N–H and O–H groups in total. The van der Waals surface area contributed by atoms with Crippen LogP contribution in [0.3, 0.4) is 0 Å². The largest absolute Gasteiger partial charge is 0.492 e. The van der Waals surface area contributed by atoms with Gasteiger partial charge in [-0.3, -0.25) is 4.90 Å². The molecule has 0 spiro atoms. The molecule has 0 saturated carbocycles. The smallest absolute Gasteiger partial charge is 0.417 e. The van der Waals surface area contributed by atoms with Crippen LogP contribution in [-0.2, 0) is 0 Å². The van der Waals surface area contributed by atoms with Crippen LogP contribution in [0.15, 0.2) is 66.9 Å². The van der Waals surface area contributed by atoms with Crippen LogP contribution in [0.25, 0.3) is 11.1 Å². The Kier molecular flexibility index (Phi) is 7.66. The van der Waals surface area contributed by atoms with Crippen molar-refractivity contribution in [3.8, 4) is 28.7 Å². The molecule has 4 rings (SSSR count). The molecule has 0 amide bonds. The van der Waals surface area contributed by atoms with Gasteiger partial charge in [-0.1, -0.05) is 35.7 Å². The van der Waals surface area contributed by atoms with Gasteiger partial charge in [0.1, 0.15) is 18.1 Å². The lowest BCUT2D eigenvalue weighted by molar-refractivity contribution is -0.272. The van der Waals surface area contributed by atoms with Crippen molar-refractivity contribution in [1.29, 1.82) is 0 Å². The van der Waals surface area contributed by atoms with Crippen LogP contribution in [0.5, 0.6) is 5.75 Å². The first-order chi connectivity index (χ1) is 16.7. The molecule has 1 saturated heterocycles. The van der Waals surface area contributed by atoms with E-state index in [1.807, 2.05) is 53.4 Å². The third-order valence-electron chi connectivity index (χ3n) is 6.02. The minimum Gasteiger partial charge on any atom is -0.492 e. The fraction of sp³-hybridized carbons (Fsp3) is 0.296. The number of ether oxygens (including phenoxy) is 1. The minimum absolute atomic E-state index is 0.183. The lowest BCUT2D eigenvalue weighted by atomic mass is 9.91. The van der Waals surface area contributed by atoms with Crippen LogP contribution >= 0.6 is 11.6 Å². The van der Waals surface area contributed by atoms with Gasteiger partial charge in [-0.05, 0) is 66.8 Å². The summed E-state index contributed by atoms with van der Waals surface area (Å²) in [6.07, 6.45) is -3.45. The van der Waals surface area contributed by atoms with E-state index >= 15 is 0 Å². The summed E-state index contributed by atoms with van der Waals surface area (Å²) in [5.41, 5.74) is 0.898. The fourth-order valence-corrected chi connectivity index (χ4v) is 3.90. The van der Waals surface area contributed by atoms with Gasteiger partial charge in [-0.15, -0.1) is 0 Å². The van der Waals surface area contributed by atoms with E-state index in [1.54, 1.807) is 18.3 Å². The Balaban J connectivity index is 1.24. The van der Waals surface area contributed by atoms with Crippen LogP contribution in [0.4, 0.5) is 13.2 Å². The van der Waals surface area contributed by atoms with E-state index in [0.29, 0.717) is 29.6 Å². The second-order valence-electron chi connectivity index (χ2n) is 8.43. The van der Waals surface area contributed by atoms with E-state index < -0.39 is 11.8 Å². The minimum atomic E-state index is -4.59. The Morgan fingerprint density at radius 1 is 0.943 bits per heavy atom. The number of likely N-dealkylation sites (tertiary alicyclic amines) is 1. The van der Waals surface area contributed by atoms with Gasteiger partial charge in [0.15, 0.2) is 5.60 Å². The molecule has 1 aliphatic rings. The average molecular weight is 501 g/mol. The van der Waals surface area contributed by atoms with Crippen molar-refractivity contribution in [1.82, 2.24) is 9.88 Å². The molecule has 1 fully saturated rings. The highest BCUT2D eigenvalue weighted by Gasteiger charge is 2.54. The zero-order valence-corrected chi connectivity index (χ0v) is 19.6. The molecule has 182 valence electrons. The Bertz CT molecular complexity index is 1180. The normalized spacial score (nSPS) is 15.8. The van der Waals surface area contributed by atoms with E-state index in [4.69, 9.17) is 16.3 Å². The predicted octanol–water partition coefficient (Wildman–Crippen LogP) is 5.57. The lowest BCUT2D eigenvalue weighted by Crippen LogP contribution is -2.53. The van der Waals surface area contributed by atoms with Gasteiger partial charge in [-0.2, -0.15) is 13.2 Å². The second kappa shape index (κ2) is 10.7. The van der Waals surface area contributed by atoms with Crippen LogP contribution in [0.1, 0.15) is 24.1 Å². The molecule has 2 heterocycles. The first-order valence-corrected chi connectivity index (χ1v) is 11.6. The highest BCUT2D eigenvalue weighted by atomic mass is 35.5. The predicted molar refractivity (Wildman–Crippen MR) is 129 cm³/mol. The molecular formula is C27H24ClF3N2O2. The number of alkyl halides is 3. The summed E-state index contributed by atoms with van der Waals surface area (Å²) in [5, 5.41) is 10.4. The number of aromatic nitrogens is 1. The highest BCUT2D eigenvalue weighted by Crippen LogP contribution is 2.38. The molecule has 2 aromatic carbocycles. The summed E-state index contributed by atoms with van der Waals surface area (Å²) in [6.45, 7) is 1.21. The fourth-order valence-electron chi connectivity index (χ4n) is 3.77. The van der Waals surface area contributed by atoms with Gasteiger partial charge >= 0.3 is 6.18 Å². The van der Waals surface area contributed by atoms with Crippen molar-refractivity contribution in [3.63, 3.8) is 0 Å². The van der Waals surface area contributed by atoms with Crippen molar-refractivity contribution in [2.45, 2.75) is 24.6 Å². The standard InChI is InChI=1S/C27H24ClF3N2O2/c28-23-7-4-21(5-8-23)22-6-10-24(32-19-22)9-1-20-2-11-25(12-3-20)35-18-17-33-15-13-26(34,14-16-33)27(29,30)31/h2-8,10-12,19,34H,13-18H2. The van der Waals surface area contributed by atoms with Crippen LogP contribution in [0.2, 0.25) is 5.02 Å². The zero-order chi connectivity index (χ0) is 24.9. The first kappa shape index (κ1) is 25.1.